The van der Waals surface area contributed by atoms with Gasteiger partial charge in [0.25, 0.3) is 0 Å². The lowest BCUT2D eigenvalue weighted by Crippen LogP contribution is -2.52. The Morgan fingerprint density at radius 1 is 1.42 bits per heavy atom. The average Bonchev–Trinajstić information content (AvgIpc) is 2.20. The molecule has 1 rings (SSSR count). The normalized spacial score (nSPS) is 22.0. The van der Waals surface area contributed by atoms with E-state index in [9.17, 15) is 19.5 Å². The zero-order valence-electron chi connectivity index (χ0n) is 11.9. The highest BCUT2D eigenvalue weighted by molar-refractivity contribution is 5.98. The molecule has 1 fully saturated rings. The number of nitrogens with one attached hydrogen (secondary N) is 1. The van der Waals surface area contributed by atoms with E-state index in [1.807, 2.05) is 0 Å². The number of likely N-dealkylation sites (N-methyl/N-ethyl adjacent to an activating group) is 1. The van der Waals surface area contributed by atoms with Crippen LogP contribution in [0.5, 0.6) is 0 Å². The first-order valence-corrected chi connectivity index (χ1v) is 6.40. The topological polar surface area (TPSA) is 86.7 Å². The molecule has 6 heteroatoms. The smallest absolute Gasteiger partial charge is 0.316 e. The van der Waals surface area contributed by atoms with Gasteiger partial charge < -0.3 is 15.3 Å². The van der Waals surface area contributed by atoms with Crippen molar-refractivity contribution in [3.63, 3.8) is 0 Å². The molecule has 1 heterocycles. The van der Waals surface area contributed by atoms with Gasteiger partial charge >= 0.3 is 5.97 Å². The molecule has 2 N–H and O–H groups in total. The maximum absolute atomic E-state index is 12.1. The standard InChI is InChI=1S/C13H22N2O4/c1-13(2,3)10(12(18)19)11(17)14-8-5-6-9(16)15(4)7-8/h8,10H,5-7H2,1-4H3,(H,14,17)(H,18,19). The van der Waals surface area contributed by atoms with Crippen molar-refractivity contribution in [2.45, 2.75) is 39.7 Å². The summed E-state index contributed by atoms with van der Waals surface area (Å²) in [4.78, 5) is 36.2. The van der Waals surface area contributed by atoms with E-state index in [0.717, 1.165) is 0 Å². The first kappa shape index (κ1) is 15.5. The summed E-state index contributed by atoms with van der Waals surface area (Å²) in [7, 11) is 1.68. The summed E-state index contributed by atoms with van der Waals surface area (Å²) in [6.45, 7) is 5.60. The largest absolute Gasteiger partial charge is 0.481 e. The molecular weight excluding hydrogens is 248 g/mol. The van der Waals surface area contributed by atoms with Crippen molar-refractivity contribution < 1.29 is 19.5 Å². The number of rotatable bonds is 3. The number of piperidine rings is 1. The third-order valence-electron chi connectivity index (χ3n) is 3.35. The van der Waals surface area contributed by atoms with Gasteiger partial charge in [0.2, 0.25) is 11.8 Å². The predicted octanol–water partition coefficient (Wildman–Crippen LogP) is 0.470. The zero-order valence-corrected chi connectivity index (χ0v) is 11.9. The van der Waals surface area contributed by atoms with Crippen LogP contribution < -0.4 is 5.32 Å². The minimum absolute atomic E-state index is 0.0519. The molecule has 0 spiro atoms. The van der Waals surface area contributed by atoms with Crippen molar-refractivity contribution in [2.24, 2.45) is 11.3 Å². The molecule has 0 aromatic carbocycles. The summed E-state index contributed by atoms with van der Waals surface area (Å²) in [5.41, 5.74) is -0.647. The van der Waals surface area contributed by atoms with Crippen molar-refractivity contribution in [1.82, 2.24) is 10.2 Å². The number of carboxylic acid groups (broad SMARTS) is 1. The Morgan fingerprint density at radius 3 is 2.42 bits per heavy atom. The van der Waals surface area contributed by atoms with E-state index in [4.69, 9.17) is 0 Å². The van der Waals surface area contributed by atoms with Crippen molar-refractivity contribution in [3.05, 3.63) is 0 Å². The second-order valence-corrected chi connectivity index (χ2v) is 6.16. The molecule has 0 saturated carbocycles. The van der Waals surface area contributed by atoms with Crippen LogP contribution in [0.25, 0.3) is 0 Å². The van der Waals surface area contributed by atoms with E-state index in [1.54, 1.807) is 32.7 Å². The van der Waals surface area contributed by atoms with E-state index < -0.39 is 23.2 Å². The second-order valence-electron chi connectivity index (χ2n) is 6.16. The second kappa shape index (κ2) is 5.59. The number of hydrogen-bond acceptors (Lipinski definition) is 3. The number of carboxylic acids is 1. The van der Waals surface area contributed by atoms with Crippen molar-refractivity contribution in [2.75, 3.05) is 13.6 Å². The highest BCUT2D eigenvalue weighted by Gasteiger charge is 2.39. The van der Waals surface area contributed by atoms with Gasteiger partial charge in [-0.05, 0) is 11.8 Å². The van der Waals surface area contributed by atoms with Gasteiger partial charge in [-0.2, -0.15) is 0 Å². The first-order chi connectivity index (χ1) is 8.62. The minimum atomic E-state index is -1.12. The molecule has 108 valence electrons. The van der Waals surface area contributed by atoms with Gasteiger partial charge in [0, 0.05) is 26.1 Å². The Labute approximate surface area is 113 Å². The number of carbonyl (C=O) groups is 3. The lowest BCUT2D eigenvalue weighted by Gasteiger charge is -2.32. The lowest BCUT2D eigenvalue weighted by atomic mass is 9.80. The molecular formula is C13H22N2O4. The Kier molecular flexibility index (Phi) is 4.55. The predicted molar refractivity (Wildman–Crippen MR) is 69.4 cm³/mol. The Bertz CT molecular complexity index is 387. The van der Waals surface area contributed by atoms with Crippen LogP contribution in [0.15, 0.2) is 0 Å². The van der Waals surface area contributed by atoms with Crippen LogP contribution in [0, 0.1) is 11.3 Å². The van der Waals surface area contributed by atoms with Crippen molar-refractivity contribution >= 4 is 17.8 Å². The van der Waals surface area contributed by atoms with E-state index in [2.05, 4.69) is 5.32 Å². The summed E-state index contributed by atoms with van der Waals surface area (Å²) in [5.74, 6) is -2.63. The van der Waals surface area contributed by atoms with Crippen LogP contribution in [0.4, 0.5) is 0 Å². The maximum Gasteiger partial charge on any atom is 0.316 e. The molecule has 0 aromatic heterocycles. The molecule has 0 aromatic rings. The number of amides is 2. The van der Waals surface area contributed by atoms with Gasteiger partial charge in [-0.1, -0.05) is 20.8 Å². The molecule has 0 bridgehead atoms. The van der Waals surface area contributed by atoms with Gasteiger partial charge in [-0.15, -0.1) is 0 Å². The average molecular weight is 270 g/mol. The monoisotopic (exact) mass is 270 g/mol. The molecule has 0 aliphatic carbocycles. The van der Waals surface area contributed by atoms with Crippen molar-refractivity contribution in [1.29, 1.82) is 0 Å². The van der Waals surface area contributed by atoms with Gasteiger partial charge in [0.05, 0.1) is 0 Å². The van der Waals surface area contributed by atoms with Crippen LogP contribution in [0.2, 0.25) is 0 Å². The van der Waals surface area contributed by atoms with Gasteiger partial charge in [-0.3, -0.25) is 14.4 Å². The van der Waals surface area contributed by atoms with E-state index in [0.29, 0.717) is 19.4 Å². The highest BCUT2D eigenvalue weighted by atomic mass is 16.4. The first-order valence-electron chi connectivity index (χ1n) is 6.40. The minimum Gasteiger partial charge on any atom is -0.481 e. The number of likely N-dealkylation sites (tertiary alicyclic amines) is 1. The number of hydrogen-bond donors (Lipinski definition) is 2. The molecule has 2 atom stereocenters. The fraction of sp³-hybridized carbons (Fsp3) is 0.769. The Balaban J connectivity index is 2.68. The number of nitrogens with zero attached hydrogens (tertiary/aromatic N) is 1. The maximum atomic E-state index is 12.1. The lowest BCUT2D eigenvalue weighted by molar-refractivity contribution is -0.152. The molecule has 6 nitrogen and oxygen atoms in total. The fourth-order valence-electron chi connectivity index (χ4n) is 2.29. The van der Waals surface area contributed by atoms with Crippen LogP contribution in [0.1, 0.15) is 33.6 Å². The SMILES string of the molecule is CN1CC(NC(=O)C(C(=O)O)C(C)(C)C)CCC1=O. The summed E-state index contributed by atoms with van der Waals surface area (Å²) in [6.07, 6.45) is 0.945. The summed E-state index contributed by atoms with van der Waals surface area (Å²) in [6, 6.07) is -0.167. The van der Waals surface area contributed by atoms with Crippen LogP contribution in [-0.2, 0) is 14.4 Å². The van der Waals surface area contributed by atoms with Crippen LogP contribution >= 0.6 is 0 Å². The van der Waals surface area contributed by atoms with E-state index in [1.165, 1.54) is 0 Å². The summed E-state index contributed by atoms with van der Waals surface area (Å²) < 4.78 is 0. The molecule has 2 unspecified atom stereocenters. The molecule has 19 heavy (non-hydrogen) atoms. The molecule has 1 aliphatic rings. The van der Waals surface area contributed by atoms with E-state index in [-0.39, 0.29) is 11.9 Å². The van der Waals surface area contributed by atoms with E-state index >= 15 is 0 Å². The zero-order chi connectivity index (χ0) is 14.8. The number of aliphatic carboxylic acids is 1. The van der Waals surface area contributed by atoms with Gasteiger partial charge in [0.15, 0.2) is 0 Å². The molecule has 1 aliphatic heterocycles. The number of carbonyl (C=O) groups excluding carboxylic acids is 2. The summed E-state index contributed by atoms with van der Waals surface area (Å²) >= 11 is 0. The Morgan fingerprint density at radius 2 is 2.00 bits per heavy atom. The van der Waals surface area contributed by atoms with Gasteiger partial charge in [-0.25, -0.2) is 0 Å². The van der Waals surface area contributed by atoms with Gasteiger partial charge in [0.1, 0.15) is 5.92 Å². The Hall–Kier alpha value is -1.59. The third kappa shape index (κ3) is 3.94. The third-order valence-corrected chi connectivity index (χ3v) is 3.35. The molecule has 0 radical (unpaired) electrons. The highest BCUT2D eigenvalue weighted by Crippen LogP contribution is 2.26. The summed E-state index contributed by atoms with van der Waals surface area (Å²) in [5, 5.41) is 11.9. The fourth-order valence-corrected chi connectivity index (χ4v) is 2.29. The quantitative estimate of drug-likeness (QED) is 0.730. The molecule has 1 saturated heterocycles. The van der Waals surface area contributed by atoms with Crippen molar-refractivity contribution in [3.8, 4) is 0 Å². The molecule has 2 amide bonds. The van der Waals surface area contributed by atoms with Crippen LogP contribution in [-0.4, -0.2) is 47.4 Å². The van der Waals surface area contributed by atoms with Crippen LogP contribution in [0.3, 0.4) is 0 Å².